The average molecular weight is 275 g/mol. The molecule has 1 aliphatic carbocycles. The van der Waals surface area contributed by atoms with Crippen LogP contribution in [0.3, 0.4) is 0 Å². The van der Waals surface area contributed by atoms with Gasteiger partial charge in [-0.1, -0.05) is 12.8 Å². The summed E-state index contributed by atoms with van der Waals surface area (Å²) in [5.74, 6) is -0.000471. The quantitative estimate of drug-likeness (QED) is 0.889. The van der Waals surface area contributed by atoms with Gasteiger partial charge in [0.2, 0.25) is 5.95 Å². The molecule has 1 saturated carbocycles. The summed E-state index contributed by atoms with van der Waals surface area (Å²) in [6.07, 6.45) is -0.140. The lowest BCUT2D eigenvalue weighted by Gasteiger charge is -2.27. The maximum absolute atomic E-state index is 12.5. The van der Waals surface area contributed by atoms with Gasteiger partial charge >= 0.3 is 6.18 Å². The van der Waals surface area contributed by atoms with Crippen molar-refractivity contribution in [3.63, 3.8) is 0 Å². The molecular formula is C12H16F3N3O. The summed E-state index contributed by atoms with van der Waals surface area (Å²) < 4.78 is 37.4. The molecule has 2 N–H and O–H groups in total. The summed E-state index contributed by atoms with van der Waals surface area (Å²) in [4.78, 5) is 7.18. The number of alkyl halides is 3. The van der Waals surface area contributed by atoms with E-state index in [4.69, 9.17) is 0 Å². The molecule has 106 valence electrons. The highest BCUT2D eigenvalue weighted by Crippen LogP contribution is 2.28. The molecule has 2 atom stereocenters. The summed E-state index contributed by atoms with van der Waals surface area (Å²) in [5.41, 5.74) is -0.964. The standard InChI is InChI=1S/C12H16F3N3O/c13-12(14,15)10-5-6-16-11(18-10)17-7-8-3-1-2-4-9(8)19/h5-6,8-9,19H,1-4,7H2,(H,16,17,18). The van der Waals surface area contributed by atoms with E-state index in [1.807, 2.05) is 0 Å². The topological polar surface area (TPSA) is 58.0 Å². The highest BCUT2D eigenvalue weighted by Gasteiger charge is 2.33. The third kappa shape index (κ3) is 3.79. The minimum atomic E-state index is -4.47. The van der Waals surface area contributed by atoms with Crippen LogP contribution in [0.25, 0.3) is 0 Å². The lowest BCUT2D eigenvalue weighted by atomic mass is 9.86. The SMILES string of the molecule is OC1CCCCC1CNc1nccc(C(F)(F)F)n1. The monoisotopic (exact) mass is 275 g/mol. The number of rotatable bonds is 3. The molecule has 1 aromatic rings. The van der Waals surface area contributed by atoms with E-state index in [0.29, 0.717) is 6.54 Å². The lowest BCUT2D eigenvalue weighted by Crippen LogP contribution is -2.30. The van der Waals surface area contributed by atoms with E-state index in [1.54, 1.807) is 0 Å². The van der Waals surface area contributed by atoms with Gasteiger partial charge in [-0.15, -0.1) is 0 Å². The van der Waals surface area contributed by atoms with Crippen LogP contribution >= 0.6 is 0 Å². The Labute approximate surface area is 109 Å². The van der Waals surface area contributed by atoms with Crippen LogP contribution in [0.15, 0.2) is 12.3 Å². The normalized spacial score (nSPS) is 24.2. The van der Waals surface area contributed by atoms with Crippen LogP contribution in [-0.2, 0) is 6.18 Å². The van der Waals surface area contributed by atoms with Crippen molar-refractivity contribution in [1.82, 2.24) is 9.97 Å². The van der Waals surface area contributed by atoms with Gasteiger partial charge in [0.15, 0.2) is 0 Å². The summed E-state index contributed by atoms with van der Waals surface area (Å²) in [7, 11) is 0. The van der Waals surface area contributed by atoms with Crippen molar-refractivity contribution in [2.45, 2.75) is 38.0 Å². The predicted octanol–water partition coefficient (Wildman–Crippen LogP) is 2.46. The molecule has 1 fully saturated rings. The number of aromatic nitrogens is 2. The third-order valence-electron chi connectivity index (χ3n) is 3.34. The smallest absolute Gasteiger partial charge is 0.393 e. The summed E-state index contributed by atoms with van der Waals surface area (Å²) >= 11 is 0. The van der Waals surface area contributed by atoms with Gasteiger partial charge < -0.3 is 10.4 Å². The van der Waals surface area contributed by atoms with Crippen LogP contribution in [0.5, 0.6) is 0 Å². The van der Waals surface area contributed by atoms with Crippen LogP contribution in [0, 0.1) is 5.92 Å². The zero-order valence-corrected chi connectivity index (χ0v) is 10.3. The minimum Gasteiger partial charge on any atom is -0.393 e. The first-order chi connectivity index (χ1) is 8.97. The van der Waals surface area contributed by atoms with Crippen LogP contribution in [0.4, 0.5) is 19.1 Å². The van der Waals surface area contributed by atoms with Crippen molar-refractivity contribution >= 4 is 5.95 Å². The highest BCUT2D eigenvalue weighted by atomic mass is 19.4. The van der Waals surface area contributed by atoms with E-state index in [2.05, 4.69) is 15.3 Å². The van der Waals surface area contributed by atoms with Crippen LogP contribution in [-0.4, -0.2) is 27.7 Å². The maximum atomic E-state index is 12.5. The van der Waals surface area contributed by atoms with E-state index in [1.165, 1.54) is 0 Å². The van der Waals surface area contributed by atoms with Gasteiger partial charge in [-0.2, -0.15) is 13.2 Å². The molecule has 2 unspecified atom stereocenters. The third-order valence-corrected chi connectivity index (χ3v) is 3.34. The Balaban J connectivity index is 1.96. The van der Waals surface area contributed by atoms with E-state index in [0.717, 1.165) is 37.9 Å². The number of hydrogen-bond donors (Lipinski definition) is 2. The second-order valence-electron chi connectivity index (χ2n) is 4.76. The van der Waals surface area contributed by atoms with E-state index >= 15 is 0 Å². The molecule has 7 heteroatoms. The van der Waals surface area contributed by atoms with Crippen molar-refractivity contribution in [3.8, 4) is 0 Å². The van der Waals surface area contributed by atoms with Crippen LogP contribution in [0.1, 0.15) is 31.4 Å². The number of nitrogens with one attached hydrogen (secondary N) is 1. The summed E-state index contributed by atoms with van der Waals surface area (Å²) in [6.45, 7) is 0.391. The Morgan fingerprint density at radius 3 is 2.74 bits per heavy atom. The van der Waals surface area contributed by atoms with Crippen molar-refractivity contribution in [3.05, 3.63) is 18.0 Å². The fourth-order valence-electron chi connectivity index (χ4n) is 2.25. The van der Waals surface area contributed by atoms with Gasteiger partial charge in [-0.05, 0) is 18.9 Å². The Bertz CT molecular complexity index is 425. The first-order valence-corrected chi connectivity index (χ1v) is 6.29. The summed E-state index contributed by atoms with van der Waals surface area (Å²) in [6, 6.07) is 0.834. The molecule has 19 heavy (non-hydrogen) atoms. The van der Waals surface area contributed by atoms with E-state index in [-0.39, 0.29) is 11.9 Å². The van der Waals surface area contributed by atoms with Gasteiger partial charge in [0, 0.05) is 18.7 Å². The minimum absolute atomic E-state index is 0.0480. The molecule has 0 radical (unpaired) electrons. The largest absolute Gasteiger partial charge is 0.433 e. The van der Waals surface area contributed by atoms with Crippen molar-refractivity contribution in [2.75, 3.05) is 11.9 Å². The molecule has 1 aliphatic rings. The zero-order chi connectivity index (χ0) is 13.9. The molecule has 0 bridgehead atoms. The maximum Gasteiger partial charge on any atom is 0.433 e. The molecule has 4 nitrogen and oxygen atoms in total. The molecule has 1 aromatic heterocycles. The number of aliphatic hydroxyl groups is 1. The van der Waals surface area contributed by atoms with Gasteiger partial charge in [-0.25, -0.2) is 9.97 Å². The van der Waals surface area contributed by atoms with Crippen LogP contribution in [0.2, 0.25) is 0 Å². The molecule has 0 spiro atoms. The average Bonchev–Trinajstić information content (AvgIpc) is 2.37. The van der Waals surface area contributed by atoms with Crippen molar-refractivity contribution in [1.29, 1.82) is 0 Å². The van der Waals surface area contributed by atoms with Gasteiger partial charge in [0.1, 0.15) is 5.69 Å². The van der Waals surface area contributed by atoms with Gasteiger partial charge in [0.05, 0.1) is 6.10 Å². The Morgan fingerprint density at radius 2 is 2.05 bits per heavy atom. The second-order valence-corrected chi connectivity index (χ2v) is 4.76. The van der Waals surface area contributed by atoms with Crippen LogP contribution < -0.4 is 5.32 Å². The molecule has 0 aliphatic heterocycles. The molecule has 1 heterocycles. The second kappa shape index (κ2) is 5.73. The number of anilines is 1. The zero-order valence-electron chi connectivity index (χ0n) is 10.3. The number of aliphatic hydroxyl groups excluding tert-OH is 1. The number of nitrogens with zero attached hydrogens (tertiary/aromatic N) is 2. The molecule has 0 aromatic carbocycles. The summed E-state index contributed by atoms with van der Waals surface area (Å²) in [5, 5.41) is 12.5. The first-order valence-electron chi connectivity index (χ1n) is 6.29. The number of hydrogen-bond acceptors (Lipinski definition) is 4. The fraction of sp³-hybridized carbons (Fsp3) is 0.667. The highest BCUT2D eigenvalue weighted by molar-refractivity contribution is 5.26. The molecule has 0 amide bonds. The van der Waals surface area contributed by atoms with E-state index in [9.17, 15) is 18.3 Å². The molecule has 2 rings (SSSR count). The van der Waals surface area contributed by atoms with Gasteiger partial charge in [0.25, 0.3) is 0 Å². The fourth-order valence-corrected chi connectivity index (χ4v) is 2.25. The lowest BCUT2D eigenvalue weighted by molar-refractivity contribution is -0.141. The Morgan fingerprint density at radius 1 is 1.32 bits per heavy atom. The first kappa shape index (κ1) is 14.0. The molecular weight excluding hydrogens is 259 g/mol. The van der Waals surface area contributed by atoms with E-state index < -0.39 is 18.0 Å². The van der Waals surface area contributed by atoms with Crippen molar-refractivity contribution < 1.29 is 18.3 Å². The Kier molecular flexibility index (Phi) is 4.24. The predicted molar refractivity (Wildman–Crippen MR) is 63.5 cm³/mol. The van der Waals surface area contributed by atoms with Crippen molar-refractivity contribution in [2.24, 2.45) is 5.92 Å². The van der Waals surface area contributed by atoms with Gasteiger partial charge in [-0.3, -0.25) is 0 Å². The molecule has 0 saturated heterocycles. The number of halogens is 3. The Hall–Kier alpha value is -1.37.